The van der Waals surface area contributed by atoms with Crippen LogP contribution >= 0.6 is 0 Å². The van der Waals surface area contributed by atoms with E-state index in [4.69, 9.17) is 0 Å². The molecular weight excluding hydrogens is 156 g/mol. The van der Waals surface area contributed by atoms with Crippen molar-refractivity contribution in [3.63, 3.8) is 0 Å². The fourth-order valence-electron chi connectivity index (χ4n) is 3.39. The summed E-state index contributed by atoms with van der Waals surface area (Å²) in [6, 6.07) is 0. The third-order valence-electron chi connectivity index (χ3n) is 4.03. The average Bonchev–Trinajstić information content (AvgIpc) is 2.19. The molecule has 1 fully saturated rings. The highest BCUT2D eigenvalue weighted by molar-refractivity contribution is 4.98. The maximum atomic E-state index is 2.43. The van der Waals surface area contributed by atoms with Gasteiger partial charge in [-0.05, 0) is 37.0 Å². The lowest BCUT2D eigenvalue weighted by atomic mass is 9.66. The molecule has 0 aromatic carbocycles. The molecule has 1 saturated carbocycles. The number of allylic oxidation sites excluding steroid dienone is 2. The van der Waals surface area contributed by atoms with E-state index in [0.29, 0.717) is 0 Å². The van der Waals surface area contributed by atoms with Crippen LogP contribution in [0.1, 0.15) is 51.9 Å². The quantitative estimate of drug-likeness (QED) is 0.557. The standard InChI is InChI=1S/C13H22/c1-2-6-11-8-5-9-12-7-3-4-10-13(11)12/h3-4,11-13H,2,5-10H2,1H3. The minimum absolute atomic E-state index is 1.05. The van der Waals surface area contributed by atoms with E-state index in [9.17, 15) is 0 Å². The maximum Gasteiger partial charge on any atom is -0.0317 e. The van der Waals surface area contributed by atoms with Gasteiger partial charge in [-0.25, -0.2) is 0 Å². The molecule has 0 N–H and O–H groups in total. The number of rotatable bonds is 2. The molecule has 0 saturated heterocycles. The first-order valence-corrected chi connectivity index (χ1v) is 6.06. The van der Waals surface area contributed by atoms with Crippen LogP contribution in [-0.4, -0.2) is 0 Å². The summed E-state index contributed by atoms with van der Waals surface area (Å²) in [5.41, 5.74) is 0. The molecule has 0 heterocycles. The molecule has 2 rings (SSSR count). The van der Waals surface area contributed by atoms with Crippen LogP contribution in [0.4, 0.5) is 0 Å². The highest BCUT2D eigenvalue weighted by Gasteiger charge is 2.32. The molecule has 3 unspecified atom stereocenters. The van der Waals surface area contributed by atoms with E-state index in [2.05, 4.69) is 19.1 Å². The van der Waals surface area contributed by atoms with Crippen LogP contribution in [0.25, 0.3) is 0 Å². The van der Waals surface area contributed by atoms with E-state index in [1.807, 2.05) is 0 Å². The third kappa shape index (κ3) is 1.98. The number of fused-ring (bicyclic) bond motifs is 1. The lowest BCUT2D eigenvalue weighted by molar-refractivity contribution is 0.139. The molecule has 13 heavy (non-hydrogen) atoms. The smallest absolute Gasteiger partial charge is 0.0317 e. The van der Waals surface area contributed by atoms with Crippen LogP contribution in [0.15, 0.2) is 12.2 Å². The molecule has 2 aliphatic carbocycles. The van der Waals surface area contributed by atoms with E-state index in [0.717, 1.165) is 17.8 Å². The summed E-state index contributed by atoms with van der Waals surface area (Å²) >= 11 is 0. The molecule has 3 atom stereocenters. The van der Waals surface area contributed by atoms with E-state index >= 15 is 0 Å². The van der Waals surface area contributed by atoms with Gasteiger partial charge >= 0.3 is 0 Å². The maximum absolute atomic E-state index is 2.43. The predicted molar refractivity (Wildman–Crippen MR) is 57.6 cm³/mol. The predicted octanol–water partition coefficient (Wildman–Crippen LogP) is 4.17. The molecule has 74 valence electrons. The second kappa shape index (κ2) is 4.30. The minimum atomic E-state index is 1.05. The molecule has 0 nitrogen and oxygen atoms in total. The van der Waals surface area contributed by atoms with Crippen molar-refractivity contribution < 1.29 is 0 Å². The molecule has 0 aromatic rings. The lowest BCUT2D eigenvalue weighted by Gasteiger charge is -2.39. The van der Waals surface area contributed by atoms with Crippen LogP contribution in [0.2, 0.25) is 0 Å². The molecule has 0 amide bonds. The molecule has 0 bridgehead atoms. The second-order valence-corrected chi connectivity index (χ2v) is 4.85. The minimum Gasteiger partial charge on any atom is -0.0882 e. The van der Waals surface area contributed by atoms with Gasteiger partial charge in [0.15, 0.2) is 0 Å². The molecule has 0 spiro atoms. The van der Waals surface area contributed by atoms with Crippen LogP contribution in [0.5, 0.6) is 0 Å². The summed E-state index contributed by atoms with van der Waals surface area (Å²) in [6.07, 6.45) is 15.0. The normalized spacial score (nSPS) is 38.7. The van der Waals surface area contributed by atoms with Gasteiger partial charge in [0.2, 0.25) is 0 Å². The summed E-state index contributed by atoms with van der Waals surface area (Å²) in [5, 5.41) is 0. The van der Waals surface area contributed by atoms with Crippen molar-refractivity contribution in [1.29, 1.82) is 0 Å². The first kappa shape index (κ1) is 9.30. The SMILES string of the molecule is CCCC1CCCC2CC=CCC21. The molecular formula is C13H22. The van der Waals surface area contributed by atoms with Crippen molar-refractivity contribution in [2.24, 2.45) is 17.8 Å². The summed E-state index contributed by atoms with van der Waals surface area (Å²) in [7, 11) is 0. The van der Waals surface area contributed by atoms with Gasteiger partial charge in [0.25, 0.3) is 0 Å². The fourth-order valence-corrected chi connectivity index (χ4v) is 3.39. The van der Waals surface area contributed by atoms with Gasteiger partial charge in [-0.2, -0.15) is 0 Å². The summed E-state index contributed by atoms with van der Waals surface area (Å²) < 4.78 is 0. The highest BCUT2D eigenvalue weighted by Crippen LogP contribution is 2.43. The van der Waals surface area contributed by atoms with Crippen molar-refractivity contribution in [3.8, 4) is 0 Å². The van der Waals surface area contributed by atoms with Gasteiger partial charge in [-0.1, -0.05) is 44.8 Å². The third-order valence-corrected chi connectivity index (χ3v) is 4.03. The van der Waals surface area contributed by atoms with Gasteiger partial charge in [0.1, 0.15) is 0 Å². The lowest BCUT2D eigenvalue weighted by Crippen LogP contribution is -2.29. The Morgan fingerprint density at radius 2 is 2.00 bits per heavy atom. The molecule has 0 aliphatic heterocycles. The zero-order valence-corrected chi connectivity index (χ0v) is 8.84. The van der Waals surface area contributed by atoms with Crippen LogP contribution in [0.3, 0.4) is 0 Å². The van der Waals surface area contributed by atoms with Crippen LogP contribution < -0.4 is 0 Å². The van der Waals surface area contributed by atoms with Gasteiger partial charge in [-0.15, -0.1) is 0 Å². The first-order chi connectivity index (χ1) is 6.42. The van der Waals surface area contributed by atoms with Crippen molar-refractivity contribution in [2.45, 2.75) is 51.9 Å². The Balaban J connectivity index is 1.99. The van der Waals surface area contributed by atoms with E-state index < -0.39 is 0 Å². The summed E-state index contributed by atoms with van der Waals surface area (Å²) in [6.45, 7) is 2.34. The Morgan fingerprint density at radius 3 is 2.85 bits per heavy atom. The van der Waals surface area contributed by atoms with Gasteiger partial charge in [0.05, 0.1) is 0 Å². The highest BCUT2D eigenvalue weighted by atomic mass is 14.4. The van der Waals surface area contributed by atoms with Crippen molar-refractivity contribution in [2.75, 3.05) is 0 Å². The van der Waals surface area contributed by atoms with Gasteiger partial charge < -0.3 is 0 Å². The Hall–Kier alpha value is -0.260. The fraction of sp³-hybridized carbons (Fsp3) is 0.846. The topological polar surface area (TPSA) is 0 Å². The zero-order chi connectivity index (χ0) is 9.10. The van der Waals surface area contributed by atoms with Crippen molar-refractivity contribution >= 4 is 0 Å². The first-order valence-electron chi connectivity index (χ1n) is 6.06. The average molecular weight is 178 g/mol. The Labute approximate surface area is 82.4 Å². The number of hydrogen-bond acceptors (Lipinski definition) is 0. The van der Waals surface area contributed by atoms with Crippen molar-refractivity contribution in [1.82, 2.24) is 0 Å². The summed E-state index contributed by atoms with van der Waals surface area (Å²) in [4.78, 5) is 0. The van der Waals surface area contributed by atoms with E-state index in [-0.39, 0.29) is 0 Å². The molecule has 0 radical (unpaired) electrons. The molecule has 0 aromatic heterocycles. The Morgan fingerprint density at radius 1 is 1.15 bits per heavy atom. The van der Waals surface area contributed by atoms with Crippen LogP contribution in [-0.2, 0) is 0 Å². The molecule has 0 heteroatoms. The monoisotopic (exact) mass is 178 g/mol. The summed E-state index contributed by atoms with van der Waals surface area (Å²) in [5.74, 6) is 3.17. The second-order valence-electron chi connectivity index (χ2n) is 4.85. The van der Waals surface area contributed by atoms with E-state index in [1.54, 1.807) is 0 Å². The largest absolute Gasteiger partial charge is 0.0882 e. The Bertz CT molecular complexity index is 178. The van der Waals surface area contributed by atoms with Crippen molar-refractivity contribution in [3.05, 3.63) is 12.2 Å². The van der Waals surface area contributed by atoms with Gasteiger partial charge in [0, 0.05) is 0 Å². The Kier molecular flexibility index (Phi) is 3.08. The molecule has 2 aliphatic rings. The zero-order valence-electron chi connectivity index (χ0n) is 8.84. The van der Waals surface area contributed by atoms with Gasteiger partial charge in [-0.3, -0.25) is 0 Å². The van der Waals surface area contributed by atoms with E-state index in [1.165, 1.54) is 44.9 Å². The number of hydrogen-bond donors (Lipinski definition) is 0. The van der Waals surface area contributed by atoms with Crippen LogP contribution in [0, 0.1) is 17.8 Å².